The Morgan fingerprint density at radius 1 is 0.883 bits per heavy atom. The number of fused-ring (bicyclic) bond motifs is 1. The van der Waals surface area contributed by atoms with Crippen molar-refractivity contribution in [3.63, 3.8) is 0 Å². The summed E-state index contributed by atoms with van der Waals surface area (Å²) in [5, 5.41) is 22.4. The second-order valence-electron chi connectivity index (χ2n) is 20.7. The van der Waals surface area contributed by atoms with Crippen molar-refractivity contribution >= 4 is 52.0 Å². The number of hydrogen-bond donors (Lipinski definition) is 2. The van der Waals surface area contributed by atoms with Crippen LogP contribution in [0, 0.1) is 18.3 Å². The third-order valence-electron chi connectivity index (χ3n) is 14.2. The Kier molecular flexibility index (Phi) is 17.8. The first-order chi connectivity index (χ1) is 37.3. The maximum atomic E-state index is 14.1. The fourth-order valence-electron chi connectivity index (χ4n) is 9.90. The fraction of sp³-hybridized carbons (Fsp3) is 0.414. The molecule has 6 heterocycles. The van der Waals surface area contributed by atoms with E-state index in [9.17, 15) is 24.3 Å². The zero-order valence-corrected chi connectivity index (χ0v) is 45.0. The summed E-state index contributed by atoms with van der Waals surface area (Å²) in [4.78, 5) is 70.1. The number of aromatic nitrogens is 5. The zero-order valence-electron chi connectivity index (χ0n) is 44.1. The predicted octanol–water partition coefficient (Wildman–Crippen LogP) is 7.52. The van der Waals surface area contributed by atoms with Gasteiger partial charge in [-0.1, -0.05) is 69.3 Å². The van der Waals surface area contributed by atoms with Gasteiger partial charge in [0.2, 0.25) is 17.8 Å². The highest BCUT2D eigenvalue weighted by atomic mass is 32.1. The molecule has 3 atom stereocenters. The standard InChI is InChI=1S/C58H67N9O9S/c1-39-54(77-38-61-39)43-13-10-40(11-14-43)12-19-52(70)51-32-45(68)35-66(51)56(72)50(58(2,3)4)31-46(69)36-74-26-25-73-27-28-76-47-8-5-7-41(29-47)30-53(71)65-22-20-64(21-23-65)44-17-15-42(16-18-44)49-34-60-57(67-37-62-63-55(49)67)59-33-48-9-6-24-75-48/h5-11,13-18,24,29,34,37-38,45,50-51,68H,12,19-23,25-28,30-33,35-36H2,1-4H3,(H,59,60)/t45-,50-,51+/m1/s1. The van der Waals surface area contributed by atoms with E-state index in [0.717, 1.165) is 49.8 Å². The number of piperazine rings is 1. The lowest BCUT2D eigenvalue weighted by Crippen LogP contribution is -2.49. The molecule has 2 amide bonds. The van der Waals surface area contributed by atoms with E-state index in [1.807, 2.05) is 103 Å². The number of benzene rings is 3. The number of ketones is 2. The third kappa shape index (κ3) is 14.0. The van der Waals surface area contributed by atoms with Crippen molar-refractivity contribution in [2.75, 3.05) is 76.0 Å². The van der Waals surface area contributed by atoms with Gasteiger partial charge in [0.15, 0.2) is 17.2 Å². The van der Waals surface area contributed by atoms with Crippen molar-refractivity contribution in [3.8, 4) is 27.3 Å². The molecule has 0 radical (unpaired) electrons. The molecule has 18 nitrogen and oxygen atoms in total. The highest BCUT2D eigenvalue weighted by molar-refractivity contribution is 7.13. The van der Waals surface area contributed by atoms with Crippen LogP contribution in [-0.4, -0.2) is 141 Å². The number of anilines is 2. The molecule has 0 saturated carbocycles. The molecule has 0 unspecified atom stereocenters. The summed E-state index contributed by atoms with van der Waals surface area (Å²) >= 11 is 1.59. The maximum Gasteiger partial charge on any atom is 0.227 e. The Balaban J connectivity index is 0.652. The molecule has 2 saturated heterocycles. The van der Waals surface area contributed by atoms with Crippen LogP contribution in [0.5, 0.6) is 5.75 Å². The molecule has 2 N–H and O–H groups in total. The quantitative estimate of drug-likeness (QED) is 0.0562. The van der Waals surface area contributed by atoms with E-state index in [2.05, 4.69) is 54.6 Å². The summed E-state index contributed by atoms with van der Waals surface area (Å²) in [6.07, 6.45) is 5.40. The Bertz CT molecular complexity index is 3090. The number of carbonyl (C=O) groups is 4. The van der Waals surface area contributed by atoms with Crippen LogP contribution >= 0.6 is 11.3 Å². The molecule has 2 fully saturated rings. The molecular formula is C58H67N9O9S. The molecule has 2 aliphatic rings. The largest absolute Gasteiger partial charge is 0.491 e. The topological polar surface area (TPSA) is 207 Å². The van der Waals surface area contributed by atoms with E-state index in [4.69, 9.17) is 18.6 Å². The van der Waals surface area contributed by atoms with Crippen LogP contribution in [0.15, 0.2) is 114 Å². The summed E-state index contributed by atoms with van der Waals surface area (Å²) < 4.78 is 24.6. The number of nitrogens with zero attached hydrogens (tertiary/aromatic N) is 8. The predicted molar refractivity (Wildman–Crippen MR) is 293 cm³/mol. The van der Waals surface area contributed by atoms with Gasteiger partial charge in [0.1, 0.15) is 31.1 Å². The van der Waals surface area contributed by atoms with Crippen molar-refractivity contribution in [1.82, 2.24) is 34.4 Å². The van der Waals surface area contributed by atoms with Gasteiger partial charge in [-0.15, -0.1) is 21.5 Å². The minimum atomic E-state index is -0.815. The maximum absolute atomic E-state index is 14.1. The van der Waals surface area contributed by atoms with Crippen LogP contribution in [0.2, 0.25) is 0 Å². The number of aliphatic hydroxyl groups is 1. The number of furan rings is 1. The summed E-state index contributed by atoms with van der Waals surface area (Å²) in [6, 6.07) is 26.9. The van der Waals surface area contributed by atoms with Crippen LogP contribution in [0.3, 0.4) is 0 Å². The molecule has 4 aromatic heterocycles. The van der Waals surface area contributed by atoms with Gasteiger partial charge in [0.25, 0.3) is 0 Å². The van der Waals surface area contributed by atoms with E-state index < -0.39 is 23.5 Å². The first-order valence-electron chi connectivity index (χ1n) is 26.2. The number of nitrogens with one attached hydrogen (secondary N) is 1. The molecule has 0 aliphatic carbocycles. The molecule has 9 rings (SSSR count). The second kappa shape index (κ2) is 25.2. The zero-order chi connectivity index (χ0) is 53.9. The average Bonchev–Trinajstić information content (AvgIpc) is 4.32. The van der Waals surface area contributed by atoms with Crippen LogP contribution in [-0.2, 0) is 48.0 Å². The lowest BCUT2D eigenvalue weighted by molar-refractivity contribution is -0.146. The number of rotatable bonds is 24. The highest BCUT2D eigenvalue weighted by Crippen LogP contribution is 2.35. The van der Waals surface area contributed by atoms with E-state index in [1.54, 1.807) is 30.1 Å². The van der Waals surface area contributed by atoms with Gasteiger partial charge in [0.05, 0.1) is 67.3 Å². The van der Waals surface area contributed by atoms with E-state index in [0.29, 0.717) is 56.5 Å². The number of thiazole rings is 1. The van der Waals surface area contributed by atoms with Gasteiger partial charge >= 0.3 is 0 Å². The van der Waals surface area contributed by atoms with Crippen LogP contribution in [0.25, 0.3) is 27.2 Å². The lowest BCUT2D eigenvalue weighted by Gasteiger charge is -2.36. The SMILES string of the molecule is Cc1ncsc1-c1ccc(CCC(=O)[C@@H]2C[C@@H](O)CN2C(=O)[C@@H](CC(=O)COCCOCCOc2cccc(CC(=O)N3CCN(c4ccc(-c5cnc(NCc6ccco6)n6cnnc56)cc4)CC3)c2)C(C)(C)C)cc1. The molecular weight excluding hydrogens is 999 g/mol. The first kappa shape index (κ1) is 54.5. The molecule has 0 spiro atoms. The Labute approximate surface area is 452 Å². The number of Topliss-reactive ketones (excluding diaryl/α,β-unsaturated/α-hetero) is 2. The number of β-amino-alcohol motifs (C(OH)–C–C–N with tert-alkyl or cyclic N) is 1. The number of carbonyl (C=O) groups excluding carboxylic acids is 4. The molecule has 3 aromatic carbocycles. The second-order valence-corrected chi connectivity index (χ2v) is 21.5. The summed E-state index contributed by atoms with van der Waals surface area (Å²) in [6.45, 7) is 11.7. The van der Waals surface area contributed by atoms with Gasteiger partial charge in [-0.3, -0.25) is 23.6 Å². The number of amides is 2. The number of likely N-dealkylation sites (tertiary alicyclic amines) is 1. The summed E-state index contributed by atoms with van der Waals surface area (Å²) in [7, 11) is 0. The van der Waals surface area contributed by atoms with Crippen LogP contribution in [0.4, 0.5) is 11.6 Å². The minimum Gasteiger partial charge on any atom is -0.491 e. The molecule has 2 aliphatic heterocycles. The number of ether oxygens (including phenoxy) is 3. The Morgan fingerprint density at radius 3 is 2.39 bits per heavy atom. The van der Waals surface area contributed by atoms with Crippen molar-refractivity contribution in [2.45, 2.75) is 78.5 Å². The average molecular weight is 1070 g/mol. The van der Waals surface area contributed by atoms with Crippen LogP contribution < -0.4 is 15.0 Å². The van der Waals surface area contributed by atoms with Gasteiger partial charge in [-0.2, -0.15) is 0 Å². The number of hydrogen-bond acceptors (Lipinski definition) is 16. The van der Waals surface area contributed by atoms with Crippen molar-refractivity contribution < 1.29 is 42.9 Å². The van der Waals surface area contributed by atoms with E-state index >= 15 is 0 Å². The van der Waals surface area contributed by atoms with Crippen LogP contribution in [0.1, 0.15) is 62.6 Å². The monoisotopic (exact) mass is 1070 g/mol. The number of aliphatic hydroxyl groups excluding tert-OH is 1. The first-order valence-corrected chi connectivity index (χ1v) is 27.1. The van der Waals surface area contributed by atoms with Gasteiger partial charge in [-0.25, -0.2) is 9.97 Å². The highest BCUT2D eigenvalue weighted by Gasteiger charge is 2.44. The van der Waals surface area contributed by atoms with E-state index in [-0.39, 0.29) is 88.6 Å². The Hall–Kier alpha value is -7.32. The molecule has 0 bridgehead atoms. The van der Waals surface area contributed by atoms with Gasteiger partial charge in [-0.05, 0) is 77.4 Å². The third-order valence-corrected chi connectivity index (χ3v) is 15.2. The summed E-state index contributed by atoms with van der Waals surface area (Å²) in [5.74, 6) is 0.775. The normalized spacial score (nSPS) is 16.2. The smallest absolute Gasteiger partial charge is 0.227 e. The molecule has 7 aromatic rings. The Morgan fingerprint density at radius 2 is 1.65 bits per heavy atom. The van der Waals surface area contributed by atoms with Crippen molar-refractivity contribution in [2.24, 2.45) is 11.3 Å². The molecule has 19 heteroatoms. The van der Waals surface area contributed by atoms with Crippen molar-refractivity contribution in [1.29, 1.82) is 0 Å². The van der Waals surface area contributed by atoms with Crippen molar-refractivity contribution in [3.05, 3.63) is 132 Å². The van der Waals surface area contributed by atoms with Gasteiger partial charge in [0, 0.05) is 75.4 Å². The van der Waals surface area contributed by atoms with Gasteiger partial charge < -0.3 is 43.8 Å². The fourth-order valence-corrected chi connectivity index (χ4v) is 10.7. The minimum absolute atomic E-state index is 0.0500. The van der Waals surface area contributed by atoms with E-state index in [1.165, 1.54) is 4.90 Å². The molecule has 77 heavy (non-hydrogen) atoms. The lowest BCUT2D eigenvalue weighted by atomic mass is 9.76. The number of aryl methyl sites for hydroxylation is 2. The summed E-state index contributed by atoms with van der Waals surface area (Å²) in [5.41, 5.74) is 8.78. The molecule has 404 valence electrons.